The van der Waals surface area contributed by atoms with Gasteiger partial charge in [0.2, 0.25) is 0 Å². The van der Waals surface area contributed by atoms with Crippen molar-refractivity contribution in [2.45, 2.75) is 25.7 Å². The number of rotatable bonds is 5. The van der Waals surface area contributed by atoms with Gasteiger partial charge in [-0.25, -0.2) is 0 Å². The Labute approximate surface area is 74.3 Å². The Kier molecular flexibility index (Phi) is 7.11. The number of halogens is 1. The van der Waals surface area contributed by atoms with Gasteiger partial charge in [-0.2, -0.15) is 0 Å². The summed E-state index contributed by atoms with van der Waals surface area (Å²) in [6.07, 6.45) is 14.1. The summed E-state index contributed by atoms with van der Waals surface area (Å²) in [6, 6.07) is 0. The monoisotopic (exact) mass is 168 g/mol. The molecule has 0 aliphatic heterocycles. The molecule has 1 unspecified atom stereocenters. The fourth-order valence-corrected chi connectivity index (χ4v) is 1.05. The quantitative estimate of drug-likeness (QED) is 0.438. The van der Waals surface area contributed by atoms with Crippen molar-refractivity contribution in [3.63, 3.8) is 0 Å². The lowest BCUT2D eigenvalue weighted by molar-refractivity contribution is 0.565. The smallest absolute Gasteiger partial charge is 0.0223 e. The fraction of sp³-hybridized carbons (Fsp3) is 0.600. The lowest BCUT2D eigenvalue weighted by Crippen LogP contribution is -1.96. The minimum absolute atomic E-state index is 0.324. The highest BCUT2D eigenvalue weighted by molar-refractivity contribution is 6.17. The normalized spacial score (nSPS) is 11.5. The van der Waals surface area contributed by atoms with Gasteiger partial charge in [0.1, 0.15) is 0 Å². The maximum Gasteiger partial charge on any atom is 0.0223 e. The van der Waals surface area contributed by atoms with Crippen LogP contribution in [-0.4, -0.2) is 5.88 Å². The minimum atomic E-state index is 0.324. The third-order valence-corrected chi connectivity index (χ3v) is 1.83. The van der Waals surface area contributed by atoms with Crippen LogP contribution < -0.4 is 0 Å². The van der Waals surface area contributed by atoms with E-state index >= 15 is 0 Å². The van der Waals surface area contributed by atoms with Crippen LogP contribution in [0.15, 0.2) is 0 Å². The van der Waals surface area contributed by atoms with Gasteiger partial charge in [-0.15, -0.1) is 36.3 Å². The Morgan fingerprint density at radius 3 is 2.45 bits per heavy atom. The first-order chi connectivity index (χ1) is 5.35. The molecule has 0 amide bonds. The molecule has 0 aliphatic carbocycles. The molecule has 0 spiro atoms. The van der Waals surface area contributed by atoms with Gasteiger partial charge < -0.3 is 0 Å². The maximum atomic E-state index is 5.53. The van der Waals surface area contributed by atoms with Crippen molar-refractivity contribution in [2.24, 2.45) is 5.92 Å². The molecule has 1 heteroatoms. The van der Waals surface area contributed by atoms with Gasteiger partial charge in [-0.1, -0.05) is 0 Å². The summed E-state index contributed by atoms with van der Waals surface area (Å²) >= 11 is 5.53. The van der Waals surface area contributed by atoms with Gasteiger partial charge in [0.15, 0.2) is 0 Å². The van der Waals surface area contributed by atoms with E-state index in [2.05, 4.69) is 11.8 Å². The van der Waals surface area contributed by atoms with Gasteiger partial charge >= 0.3 is 0 Å². The molecule has 0 N–H and O–H groups in total. The Morgan fingerprint density at radius 1 is 1.27 bits per heavy atom. The average Bonchev–Trinajstić information content (AvgIpc) is 2.05. The number of hydrogen-bond donors (Lipinski definition) is 0. The predicted octanol–water partition coefficient (Wildman–Crippen LogP) is 2.67. The molecule has 0 heterocycles. The summed E-state index contributed by atoms with van der Waals surface area (Å²) in [5, 5.41) is 0. The second-order valence-electron chi connectivity index (χ2n) is 2.44. The zero-order valence-corrected chi connectivity index (χ0v) is 7.40. The third-order valence-electron chi connectivity index (χ3n) is 1.56. The van der Waals surface area contributed by atoms with Crippen molar-refractivity contribution >= 4 is 11.6 Å². The van der Waals surface area contributed by atoms with E-state index in [0.717, 1.165) is 25.7 Å². The van der Waals surface area contributed by atoms with E-state index in [9.17, 15) is 0 Å². The molecule has 0 aromatic carbocycles. The van der Waals surface area contributed by atoms with Crippen molar-refractivity contribution in [1.82, 2.24) is 0 Å². The van der Waals surface area contributed by atoms with E-state index < -0.39 is 0 Å². The lowest BCUT2D eigenvalue weighted by atomic mass is 9.99. The SMILES string of the molecule is C#CCCC(C#C)CCCCl. The molecule has 1 atom stereocenters. The lowest BCUT2D eigenvalue weighted by Gasteiger charge is -2.05. The summed E-state index contributed by atoms with van der Waals surface area (Å²) in [4.78, 5) is 0. The molecule has 0 saturated heterocycles. The molecular formula is C10H13Cl. The molecule has 0 rings (SSSR count). The van der Waals surface area contributed by atoms with Crippen LogP contribution in [0.25, 0.3) is 0 Å². The van der Waals surface area contributed by atoms with Crippen LogP contribution in [0.2, 0.25) is 0 Å². The average molecular weight is 169 g/mol. The standard InChI is InChI=1S/C10H13Cl/c1-3-5-7-10(4-2)8-6-9-11/h1-2,10H,5-9H2. The Morgan fingerprint density at radius 2 is 2.00 bits per heavy atom. The van der Waals surface area contributed by atoms with Crippen LogP contribution in [0, 0.1) is 30.6 Å². The van der Waals surface area contributed by atoms with Crippen molar-refractivity contribution in [2.75, 3.05) is 5.88 Å². The molecule has 0 fully saturated rings. The topological polar surface area (TPSA) is 0 Å². The second kappa shape index (κ2) is 7.52. The molecule has 0 radical (unpaired) electrons. The highest BCUT2D eigenvalue weighted by Crippen LogP contribution is 2.12. The Hall–Kier alpha value is -0.590. The van der Waals surface area contributed by atoms with Crippen molar-refractivity contribution < 1.29 is 0 Å². The first-order valence-corrected chi connectivity index (χ1v) is 4.34. The van der Waals surface area contributed by atoms with E-state index in [4.69, 9.17) is 24.4 Å². The Balaban J connectivity index is 3.45. The predicted molar refractivity (Wildman–Crippen MR) is 50.3 cm³/mol. The van der Waals surface area contributed by atoms with Gasteiger partial charge in [0.25, 0.3) is 0 Å². The van der Waals surface area contributed by atoms with Crippen molar-refractivity contribution in [1.29, 1.82) is 0 Å². The minimum Gasteiger partial charge on any atom is -0.127 e. The fourth-order valence-electron chi connectivity index (χ4n) is 0.892. The van der Waals surface area contributed by atoms with Crippen molar-refractivity contribution in [3.8, 4) is 24.7 Å². The summed E-state index contributed by atoms with van der Waals surface area (Å²) in [6.45, 7) is 0. The van der Waals surface area contributed by atoms with Gasteiger partial charge in [-0.05, 0) is 19.3 Å². The van der Waals surface area contributed by atoms with Crippen LogP contribution in [0.4, 0.5) is 0 Å². The third kappa shape index (κ3) is 5.84. The van der Waals surface area contributed by atoms with Crippen LogP contribution in [0.5, 0.6) is 0 Å². The molecule has 11 heavy (non-hydrogen) atoms. The highest BCUT2D eigenvalue weighted by atomic mass is 35.5. The summed E-state index contributed by atoms with van der Waals surface area (Å²) in [5.41, 5.74) is 0. The summed E-state index contributed by atoms with van der Waals surface area (Å²) in [7, 11) is 0. The molecule has 0 saturated carbocycles. The summed E-state index contributed by atoms with van der Waals surface area (Å²) < 4.78 is 0. The Bertz CT molecular complexity index is 159. The van der Waals surface area contributed by atoms with Crippen LogP contribution in [0.1, 0.15) is 25.7 Å². The van der Waals surface area contributed by atoms with E-state index in [-0.39, 0.29) is 0 Å². The number of alkyl halides is 1. The second-order valence-corrected chi connectivity index (χ2v) is 2.82. The molecule has 0 bridgehead atoms. The van der Waals surface area contributed by atoms with E-state index in [1.165, 1.54) is 0 Å². The van der Waals surface area contributed by atoms with E-state index in [1.807, 2.05) is 0 Å². The van der Waals surface area contributed by atoms with Gasteiger partial charge in [0, 0.05) is 18.2 Å². The van der Waals surface area contributed by atoms with E-state index in [0.29, 0.717) is 11.8 Å². The summed E-state index contributed by atoms with van der Waals surface area (Å²) in [5.74, 6) is 6.31. The van der Waals surface area contributed by atoms with Crippen LogP contribution >= 0.6 is 11.6 Å². The van der Waals surface area contributed by atoms with Crippen molar-refractivity contribution in [3.05, 3.63) is 0 Å². The molecular weight excluding hydrogens is 156 g/mol. The highest BCUT2D eigenvalue weighted by Gasteiger charge is 2.02. The van der Waals surface area contributed by atoms with Gasteiger partial charge in [-0.3, -0.25) is 0 Å². The molecule has 0 aliphatic rings. The number of hydrogen-bond acceptors (Lipinski definition) is 0. The molecule has 0 aromatic rings. The van der Waals surface area contributed by atoms with E-state index in [1.54, 1.807) is 0 Å². The van der Waals surface area contributed by atoms with Gasteiger partial charge in [0.05, 0.1) is 0 Å². The molecule has 0 nitrogen and oxygen atoms in total. The number of terminal acetylenes is 2. The first kappa shape index (κ1) is 10.4. The first-order valence-electron chi connectivity index (χ1n) is 3.80. The zero-order valence-electron chi connectivity index (χ0n) is 6.65. The van der Waals surface area contributed by atoms with Crippen LogP contribution in [-0.2, 0) is 0 Å². The molecule has 60 valence electrons. The zero-order chi connectivity index (χ0) is 8.53. The maximum absolute atomic E-state index is 5.53. The molecule has 0 aromatic heterocycles. The largest absolute Gasteiger partial charge is 0.127 e. The van der Waals surface area contributed by atoms with Crippen LogP contribution in [0.3, 0.4) is 0 Å².